The van der Waals surface area contributed by atoms with Gasteiger partial charge >= 0.3 is 0 Å². The molecular formula is C12H22N4O2. The highest BCUT2D eigenvalue weighted by molar-refractivity contribution is 5.51. The van der Waals surface area contributed by atoms with E-state index in [-0.39, 0.29) is 12.1 Å². The van der Waals surface area contributed by atoms with Crippen LogP contribution in [0.5, 0.6) is 5.75 Å². The average molecular weight is 254 g/mol. The van der Waals surface area contributed by atoms with Crippen LogP contribution in [0.1, 0.15) is 26.7 Å². The molecule has 0 spiro atoms. The highest BCUT2D eigenvalue weighted by Crippen LogP contribution is 2.21. The van der Waals surface area contributed by atoms with Crippen LogP contribution in [0.15, 0.2) is 6.20 Å². The summed E-state index contributed by atoms with van der Waals surface area (Å²) in [6.07, 6.45) is 3.78. The van der Waals surface area contributed by atoms with Crippen LogP contribution in [0.3, 0.4) is 0 Å². The van der Waals surface area contributed by atoms with Crippen molar-refractivity contribution in [1.82, 2.24) is 9.97 Å². The van der Waals surface area contributed by atoms with Crippen molar-refractivity contribution in [1.29, 1.82) is 0 Å². The Morgan fingerprint density at radius 1 is 1.50 bits per heavy atom. The topological polar surface area (TPSA) is 82.3 Å². The number of anilines is 2. The number of nitrogens with zero attached hydrogens (tertiary/aromatic N) is 2. The lowest BCUT2D eigenvalue weighted by Crippen LogP contribution is -2.17. The Hall–Kier alpha value is -1.56. The summed E-state index contributed by atoms with van der Waals surface area (Å²) in [7, 11) is 1.65. The zero-order valence-corrected chi connectivity index (χ0v) is 11.3. The zero-order valence-electron chi connectivity index (χ0n) is 11.3. The van der Waals surface area contributed by atoms with Crippen LogP contribution in [0.4, 0.5) is 11.8 Å². The number of hydrogen-bond acceptors (Lipinski definition) is 6. The molecule has 1 rings (SSSR count). The molecule has 0 bridgehead atoms. The van der Waals surface area contributed by atoms with Gasteiger partial charge in [0.25, 0.3) is 0 Å². The fraction of sp³-hybridized carbons (Fsp3) is 0.667. The lowest BCUT2D eigenvalue weighted by Gasteiger charge is -2.14. The normalized spacial score (nSPS) is 12.2. The fourth-order valence-electron chi connectivity index (χ4n) is 1.28. The lowest BCUT2D eigenvalue weighted by atomic mass is 10.3. The van der Waals surface area contributed by atoms with Gasteiger partial charge in [-0.3, -0.25) is 0 Å². The molecule has 0 saturated carbocycles. The SMILES string of the molecule is CCCCNc1nc(N)ncc1OC[C@H](C)OC. The minimum atomic E-state index is 0.0195. The molecule has 1 aromatic heterocycles. The van der Waals surface area contributed by atoms with E-state index >= 15 is 0 Å². The summed E-state index contributed by atoms with van der Waals surface area (Å²) in [5.41, 5.74) is 5.57. The van der Waals surface area contributed by atoms with Crippen LogP contribution >= 0.6 is 0 Å². The predicted octanol–water partition coefficient (Wildman–Crippen LogP) is 1.68. The number of aromatic nitrogens is 2. The van der Waals surface area contributed by atoms with Gasteiger partial charge in [-0.25, -0.2) is 4.98 Å². The van der Waals surface area contributed by atoms with E-state index in [2.05, 4.69) is 22.2 Å². The van der Waals surface area contributed by atoms with E-state index in [9.17, 15) is 0 Å². The second-order valence-corrected chi connectivity index (χ2v) is 4.08. The first kappa shape index (κ1) is 14.5. The molecule has 102 valence electrons. The van der Waals surface area contributed by atoms with Crippen LogP contribution in [-0.2, 0) is 4.74 Å². The number of rotatable bonds is 8. The van der Waals surface area contributed by atoms with Crippen molar-refractivity contribution in [2.75, 3.05) is 31.3 Å². The summed E-state index contributed by atoms with van der Waals surface area (Å²) < 4.78 is 10.7. The number of methoxy groups -OCH3 is 1. The van der Waals surface area contributed by atoms with Gasteiger partial charge in [-0.15, -0.1) is 0 Å². The summed E-state index contributed by atoms with van der Waals surface area (Å²) in [6.45, 7) is 5.35. The van der Waals surface area contributed by atoms with Gasteiger partial charge in [0.1, 0.15) is 6.61 Å². The highest BCUT2D eigenvalue weighted by atomic mass is 16.5. The number of nitrogen functional groups attached to an aromatic ring is 1. The largest absolute Gasteiger partial charge is 0.485 e. The van der Waals surface area contributed by atoms with Gasteiger partial charge in [-0.1, -0.05) is 13.3 Å². The van der Waals surface area contributed by atoms with Crippen LogP contribution in [0, 0.1) is 0 Å². The molecule has 0 amide bonds. The maximum Gasteiger partial charge on any atom is 0.222 e. The second kappa shape index (κ2) is 7.71. The van der Waals surface area contributed by atoms with Gasteiger partial charge in [-0.2, -0.15) is 4.98 Å². The molecule has 1 atom stereocenters. The second-order valence-electron chi connectivity index (χ2n) is 4.08. The van der Waals surface area contributed by atoms with Crippen molar-refractivity contribution < 1.29 is 9.47 Å². The van der Waals surface area contributed by atoms with E-state index in [4.69, 9.17) is 15.2 Å². The molecule has 1 heterocycles. The number of ether oxygens (including phenoxy) is 2. The van der Waals surface area contributed by atoms with Gasteiger partial charge in [-0.05, 0) is 13.3 Å². The summed E-state index contributed by atoms with van der Waals surface area (Å²) in [6, 6.07) is 0. The van der Waals surface area contributed by atoms with Crippen molar-refractivity contribution in [2.45, 2.75) is 32.8 Å². The standard InChI is InChI=1S/C12H22N4O2/c1-4-5-6-14-11-10(7-15-12(13)16-11)18-8-9(2)17-3/h7,9H,4-6,8H2,1-3H3,(H3,13,14,15,16)/t9-/m0/s1. The van der Waals surface area contributed by atoms with Gasteiger partial charge < -0.3 is 20.5 Å². The number of unbranched alkanes of at least 4 members (excludes halogenated alkanes) is 1. The fourth-order valence-corrected chi connectivity index (χ4v) is 1.28. The third-order valence-electron chi connectivity index (χ3n) is 2.47. The molecule has 0 aromatic carbocycles. The minimum absolute atomic E-state index is 0.0195. The Balaban J connectivity index is 2.63. The Morgan fingerprint density at radius 2 is 2.28 bits per heavy atom. The summed E-state index contributed by atoms with van der Waals surface area (Å²) in [5.74, 6) is 1.48. The maximum atomic E-state index is 5.61. The van der Waals surface area contributed by atoms with Gasteiger partial charge in [0.05, 0.1) is 12.3 Å². The van der Waals surface area contributed by atoms with E-state index in [1.807, 2.05) is 6.92 Å². The van der Waals surface area contributed by atoms with Crippen molar-refractivity contribution in [3.63, 3.8) is 0 Å². The molecule has 0 radical (unpaired) electrons. The Bertz CT molecular complexity index is 360. The van der Waals surface area contributed by atoms with Crippen LogP contribution in [0.25, 0.3) is 0 Å². The molecule has 0 aliphatic carbocycles. The van der Waals surface area contributed by atoms with E-state index in [0.717, 1.165) is 19.4 Å². The first-order chi connectivity index (χ1) is 8.67. The molecular weight excluding hydrogens is 232 g/mol. The number of nitrogens with two attached hydrogens (primary N) is 1. The van der Waals surface area contributed by atoms with Gasteiger partial charge in [0.15, 0.2) is 11.6 Å². The van der Waals surface area contributed by atoms with Gasteiger partial charge in [0.2, 0.25) is 5.95 Å². The van der Waals surface area contributed by atoms with Crippen LogP contribution in [-0.4, -0.2) is 36.3 Å². The third-order valence-corrected chi connectivity index (χ3v) is 2.47. The van der Waals surface area contributed by atoms with Crippen molar-refractivity contribution >= 4 is 11.8 Å². The third kappa shape index (κ3) is 4.75. The smallest absolute Gasteiger partial charge is 0.222 e. The molecule has 6 nitrogen and oxygen atoms in total. The highest BCUT2D eigenvalue weighted by Gasteiger charge is 2.08. The van der Waals surface area contributed by atoms with E-state index in [1.54, 1.807) is 13.3 Å². The molecule has 0 fully saturated rings. The minimum Gasteiger partial charge on any atom is -0.485 e. The average Bonchev–Trinajstić information content (AvgIpc) is 2.37. The van der Waals surface area contributed by atoms with Crippen LogP contribution < -0.4 is 15.8 Å². The van der Waals surface area contributed by atoms with E-state index < -0.39 is 0 Å². The Kier molecular flexibility index (Phi) is 6.21. The monoisotopic (exact) mass is 254 g/mol. The van der Waals surface area contributed by atoms with Crippen LogP contribution in [0.2, 0.25) is 0 Å². The maximum absolute atomic E-state index is 5.61. The van der Waals surface area contributed by atoms with Crippen molar-refractivity contribution in [3.05, 3.63) is 6.20 Å². The molecule has 0 aliphatic rings. The first-order valence-corrected chi connectivity index (χ1v) is 6.19. The molecule has 0 aliphatic heterocycles. The molecule has 0 saturated heterocycles. The molecule has 1 aromatic rings. The quantitative estimate of drug-likeness (QED) is 0.687. The summed E-state index contributed by atoms with van der Waals surface area (Å²) in [4.78, 5) is 8.07. The molecule has 6 heteroatoms. The van der Waals surface area contributed by atoms with Gasteiger partial charge in [0, 0.05) is 13.7 Å². The first-order valence-electron chi connectivity index (χ1n) is 6.19. The van der Waals surface area contributed by atoms with E-state index in [1.165, 1.54) is 0 Å². The number of nitrogens with one attached hydrogen (secondary N) is 1. The predicted molar refractivity (Wildman–Crippen MR) is 71.8 cm³/mol. The zero-order chi connectivity index (χ0) is 13.4. The van der Waals surface area contributed by atoms with E-state index in [0.29, 0.717) is 18.2 Å². The molecule has 0 unspecified atom stereocenters. The Morgan fingerprint density at radius 3 is 2.94 bits per heavy atom. The number of hydrogen-bond donors (Lipinski definition) is 2. The Labute approximate surface area is 108 Å². The summed E-state index contributed by atoms with van der Waals surface area (Å²) in [5, 5.41) is 3.20. The lowest BCUT2D eigenvalue weighted by molar-refractivity contribution is 0.0717. The van der Waals surface area contributed by atoms with Crippen molar-refractivity contribution in [2.24, 2.45) is 0 Å². The molecule has 18 heavy (non-hydrogen) atoms. The van der Waals surface area contributed by atoms with Crippen molar-refractivity contribution in [3.8, 4) is 5.75 Å². The summed E-state index contributed by atoms with van der Waals surface area (Å²) >= 11 is 0. The molecule has 3 N–H and O–H groups in total.